The van der Waals surface area contributed by atoms with Gasteiger partial charge in [0, 0.05) is 6.54 Å². The van der Waals surface area contributed by atoms with E-state index in [2.05, 4.69) is 10.4 Å². The van der Waals surface area contributed by atoms with Crippen LogP contribution in [0.5, 0.6) is 0 Å². The van der Waals surface area contributed by atoms with Crippen LogP contribution in [0.2, 0.25) is 5.15 Å². The molecule has 0 aliphatic rings. The van der Waals surface area contributed by atoms with Gasteiger partial charge in [0.15, 0.2) is 0 Å². The van der Waals surface area contributed by atoms with E-state index in [-0.39, 0.29) is 11.1 Å². The minimum absolute atomic E-state index is 0.270. The van der Waals surface area contributed by atoms with Crippen LogP contribution in [0.25, 0.3) is 5.69 Å². The van der Waals surface area contributed by atoms with Gasteiger partial charge in [-0.2, -0.15) is 5.10 Å². The number of hydrogen-bond acceptors (Lipinski definition) is 3. The Morgan fingerprint density at radius 1 is 1.41 bits per heavy atom. The molecule has 2 rings (SSSR count). The molecule has 0 fully saturated rings. The number of benzene rings is 1. The number of hydrogen-bond donors (Lipinski definition) is 2. The van der Waals surface area contributed by atoms with Gasteiger partial charge in [-0.1, -0.05) is 36.7 Å². The van der Waals surface area contributed by atoms with Gasteiger partial charge in [0.2, 0.25) is 0 Å². The van der Waals surface area contributed by atoms with Crippen molar-refractivity contribution in [3.05, 3.63) is 46.7 Å². The Balaban J connectivity index is 2.15. The largest absolute Gasteiger partial charge is 0.393 e. The molecule has 0 radical (unpaired) electrons. The quantitative estimate of drug-likeness (QED) is 0.859. The number of rotatable bonds is 6. The minimum atomic E-state index is -0.399. The van der Waals surface area contributed by atoms with Gasteiger partial charge in [-0.15, -0.1) is 0 Å². The topological polar surface area (TPSA) is 67.2 Å². The van der Waals surface area contributed by atoms with E-state index in [1.54, 1.807) is 11.6 Å². The molecule has 2 N–H and O–H groups in total. The van der Waals surface area contributed by atoms with E-state index in [1.807, 2.05) is 37.3 Å². The number of para-hydroxylation sites is 1. The second kappa shape index (κ2) is 7.42. The van der Waals surface area contributed by atoms with Gasteiger partial charge in [0.1, 0.15) is 5.15 Å². The first-order valence-corrected chi connectivity index (χ1v) is 7.69. The molecule has 0 saturated heterocycles. The highest BCUT2D eigenvalue weighted by Gasteiger charge is 2.20. The molecule has 0 spiro atoms. The highest BCUT2D eigenvalue weighted by Crippen LogP contribution is 2.23. The summed E-state index contributed by atoms with van der Waals surface area (Å²) in [4.78, 5) is 12.3. The third kappa shape index (κ3) is 3.67. The standard InChI is InChI=1S/C16H20ClN3O2/c1-3-13(21)9-10-18-16(22)14-11(2)19-20(15(14)17)12-7-5-4-6-8-12/h4-8,13,21H,3,9-10H2,1-2H3,(H,18,22). The molecule has 5 nitrogen and oxygen atoms in total. The highest BCUT2D eigenvalue weighted by atomic mass is 35.5. The SMILES string of the molecule is CCC(O)CCNC(=O)c1c(C)nn(-c2ccccc2)c1Cl. The molecule has 22 heavy (non-hydrogen) atoms. The highest BCUT2D eigenvalue weighted by molar-refractivity contribution is 6.33. The van der Waals surface area contributed by atoms with E-state index in [1.165, 1.54) is 0 Å². The van der Waals surface area contributed by atoms with Crippen LogP contribution in [0, 0.1) is 6.92 Å². The normalized spacial score (nSPS) is 12.2. The van der Waals surface area contributed by atoms with Crippen molar-refractivity contribution in [3.63, 3.8) is 0 Å². The predicted molar refractivity (Wildman–Crippen MR) is 86.6 cm³/mol. The molecule has 1 heterocycles. The van der Waals surface area contributed by atoms with E-state index in [4.69, 9.17) is 11.6 Å². The summed E-state index contributed by atoms with van der Waals surface area (Å²) < 4.78 is 1.55. The molecule has 1 amide bonds. The first kappa shape index (κ1) is 16.5. The van der Waals surface area contributed by atoms with Gasteiger partial charge >= 0.3 is 0 Å². The number of carbonyl (C=O) groups excluding carboxylic acids is 1. The molecule has 1 atom stereocenters. The number of aliphatic hydroxyl groups excluding tert-OH is 1. The van der Waals surface area contributed by atoms with Crippen LogP contribution in [-0.4, -0.2) is 33.4 Å². The third-order valence-corrected chi connectivity index (χ3v) is 3.82. The Bertz CT molecular complexity index is 640. The van der Waals surface area contributed by atoms with Gasteiger partial charge in [-0.3, -0.25) is 4.79 Å². The van der Waals surface area contributed by atoms with E-state index in [0.717, 1.165) is 5.69 Å². The van der Waals surface area contributed by atoms with E-state index < -0.39 is 6.10 Å². The lowest BCUT2D eigenvalue weighted by Crippen LogP contribution is -2.27. The fourth-order valence-electron chi connectivity index (χ4n) is 2.14. The van der Waals surface area contributed by atoms with Crippen molar-refractivity contribution < 1.29 is 9.90 Å². The summed E-state index contributed by atoms with van der Waals surface area (Å²) >= 11 is 6.32. The van der Waals surface area contributed by atoms with Crippen molar-refractivity contribution in [1.82, 2.24) is 15.1 Å². The van der Waals surface area contributed by atoms with E-state index in [0.29, 0.717) is 30.6 Å². The van der Waals surface area contributed by atoms with Gasteiger partial charge in [-0.05, 0) is 31.9 Å². The molecule has 6 heteroatoms. The molecule has 2 aromatic rings. The molecule has 1 aromatic heterocycles. The predicted octanol–water partition coefficient (Wildman–Crippen LogP) is 2.72. The van der Waals surface area contributed by atoms with Gasteiger partial charge in [0.25, 0.3) is 5.91 Å². The number of aryl methyl sites for hydroxylation is 1. The second-order valence-electron chi connectivity index (χ2n) is 5.11. The zero-order valence-electron chi connectivity index (χ0n) is 12.7. The Morgan fingerprint density at radius 2 is 2.09 bits per heavy atom. The summed E-state index contributed by atoms with van der Waals surface area (Å²) in [6, 6.07) is 9.42. The number of aliphatic hydroxyl groups is 1. The lowest BCUT2D eigenvalue weighted by Gasteiger charge is -2.09. The van der Waals surface area contributed by atoms with Gasteiger partial charge in [0.05, 0.1) is 23.0 Å². The Hall–Kier alpha value is -1.85. The smallest absolute Gasteiger partial charge is 0.256 e. The number of aromatic nitrogens is 2. The third-order valence-electron chi connectivity index (χ3n) is 3.47. The Labute approximate surface area is 134 Å². The average Bonchev–Trinajstić information content (AvgIpc) is 2.82. The van der Waals surface area contributed by atoms with Crippen LogP contribution in [0.15, 0.2) is 30.3 Å². The Kier molecular flexibility index (Phi) is 5.57. The summed E-state index contributed by atoms with van der Waals surface area (Å²) in [5.41, 5.74) is 1.75. The zero-order chi connectivity index (χ0) is 16.1. The zero-order valence-corrected chi connectivity index (χ0v) is 13.5. The van der Waals surface area contributed by atoms with Crippen LogP contribution >= 0.6 is 11.6 Å². The molecule has 0 aliphatic carbocycles. The van der Waals surface area contributed by atoms with Crippen molar-refractivity contribution >= 4 is 17.5 Å². The fourth-order valence-corrected chi connectivity index (χ4v) is 2.50. The number of nitrogens with one attached hydrogen (secondary N) is 1. The summed E-state index contributed by atoms with van der Waals surface area (Å²) in [6.07, 6.45) is 0.789. The molecule has 0 aliphatic heterocycles. The maximum Gasteiger partial charge on any atom is 0.256 e. The van der Waals surface area contributed by atoms with Crippen LogP contribution in [0.4, 0.5) is 0 Å². The number of amides is 1. The first-order valence-electron chi connectivity index (χ1n) is 7.31. The second-order valence-corrected chi connectivity index (χ2v) is 5.46. The number of carbonyl (C=O) groups is 1. The fraction of sp³-hybridized carbons (Fsp3) is 0.375. The molecule has 0 saturated carbocycles. The number of nitrogens with zero attached hydrogens (tertiary/aromatic N) is 2. The molecular formula is C16H20ClN3O2. The van der Waals surface area contributed by atoms with Gasteiger partial charge < -0.3 is 10.4 Å². The van der Waals surface area contributed by atoms with Crippen molar-refractivity contribution in [2.24, 2.45) is 0 Å². The lowest BCUT2D eigenvalue weighted by molar-refractivity contribution is 0.0941. The summed E-state index contributed by atoms with van der Waals surface area (Å²) in [7, 11) is 0. The first-order chi connectivity index (χ1) is 10.5. The van der Waals surface area contributed by atoms with E-state index >= 15 is 0 Å². The molecular weight excluding hydrogens is 302 g/mol. The maximum absolute atomic E-state index is 12.3. The van der Waals surface area contributed by atoms with Crippen molar-refractivity contribution in [3.8, 4) is 5.69 Å². The molecule has 0 bridgehead atoms. The summed E-state index contributed by atoms with van der Waals surface area (Å²) in [6.45, 7) is 4.05. The summed E-state index contributed by atoms with van der Waals surface area (Å²) in [5.74, 6) is -0.270. The monoisotopic (exact) mass is 321 g/mol. The lowest BCUT2D eigenvalue weighted by atomic mass is 10.2. The van der Waals surface area contributed by atoms with Crippen LogP contribution < -0.4 is 5.32 Å². The maximum atomic E-state index is 12.3. The van der Waals surface area contributed by atoms with Crippen LogP contribution in [0.1, 0.15) is 35.8 Å². The van der Waals surface area contributed by atoms with Crippen molar-refractivity contribution in [2.45, 2.75) is 32.8 Å². The molecule has 118 valence electrons. The molecule has 1 unspecified atom stereocenters. The van der Waals surface area contributed by atoms with Gasteiger partial charge in [-0.25, -0.2) is 4.68 Å². The summed E-state index contributed by atoms with van der Waals surface area (Å²) in [5, 5.41) is 16.9. The number of halogens is 1. The molecule has 1 aromatic carbocycles. The average molecular weight is 322 g/mol. The van der Waals surface area contributed by atoms with Crippen molar-refractivity contribution in [1.29, 1.82) is 0 Å². The van der Waals surface area contributed by atoms with Crippen molar-refractivity contribution in [2.75, 3.05) is 6.54 Å². The van der Waals surface area contributed by atoms with Crippen LogP contribution in [-0.2, 0) is 0 Å². The minimum Gasteiger partial charge on any atom is -0.393 e. The van der Waals surface area contributed by atoms with E-state index in [9.17, 15) is 9.90 Å². The van der Waals surface area contributed by atoms with Crippen LogP contribution in [0.3, 0.4) is 0 Å². The Morgan fingerprint density at radius 3 is 2.73 bits per heavy atom.